The molecule has 2 rings (SSSR count). The van der Waals surface area contributed by atoms with Crippen LogP contribution < -0.4 is 5.73 Å². The number of nitrogens with zero attached hydrogens (tertiary/aromatic N) is 1. The van der Waals surface area contributed by atoms with E-state index in [0.717, 1.165) is 38.9 Å². The van der Waals surface area contributed by atoms with Gasteiger partial charge in [-0.3, -0.25) is 4.90 Å². The van der Waals surface area contributed by atoms with Crippen molar-refractivity contribution < 1.29 is 5.11 Å². The minimum absolute atomic E-state index is 0.175. The van der Waals surface area contributed by atoms with Crippen LogP contribution in [0.25, 0.3) is 0 Å². The van der Waals surface area contributed by atoms with Gasteiger partial charge in [0.25, 0.3) is 0 Å². The number of aliphatic hydroxyl groups is 1. The van der Waals surface area contributed by atoms with Crippen molar-refractivity contribution in [2.75, 3.05) is 19.7 Å². The van der Waals surface area contributed by atoms with Gasteiger partial charge >= 0.3 is 0 Å². The van der Waals surface area contributed by atoms with Crippen LogP contribution in [0.5, 0.6) is 0 Å². The molecule has 1 atom stereocenters. The highest BCUT2D eigenvalue weighted by Crippen LogP contribution is 2.22. The fraction of sp³-hybridized carbons (Fsp3) is 0.600. The maximum Gasteiger partial charge on any atom is 0.0445 e. The summed E-state index contributed by atoms with van der Waals surface area (Å²) < 4.78 is 0. The molecule has 3 nitrogen and oxygen atoms in total. The Balaban J connectivity index is 1.77. The Morgan fingerprint density at radius 2 is 1.89 bits per heavy atom. The average molecular weight is 248 g/mol. The lowest BCUT2D eigenvalue weighted by Gasteiger charge is -2.34. The number of hydrogen-bond donors (Lipinski definition) is 2. The summed E-state index contributed by atoms with van der Waals surface area (Å²) in [5, 5.41) is 8.92. The van der Waals surface area contributed by atoms with Crippen LogP contribution in [0.4, 0.5) is 0 Å². The van der Waals surface area contributed by atoms with E-state index in [1.54, 1.807) is 0 Å². The first-order valence-corrected chi connectivity index (χ1v) is 6.92. The van der Waals surface area contributed by atoms with Crippen LogP contribution >= 0.6 is 0 Å². The molecule has 1 aliphatic heterocycles. The Morgan fingerprint density at radius 3 is 2.50 bits per heavy atom. The summed E-state index contributed by atoms with van der Waals surface area (Å²) in [6, 6.07) is 10.8. The Labute approximate surface area is 110 Å². The van der Waals surface area contributed by atoms with E-state index in [9.17, 15) is 0 Å². The van der Waals surface area contributed by atoms with Gasteiger partial charge in [0.1, 0.15) is 0 Å². The molecule has 18 heavy (non-hydrogen) atoms. The van der Waals surface area contributed by atoms with Gasteiger partial charge in [-0.05, 0) is 43.8 Å². The highest BCUT2D eigenvalue weighted by atomic mass is 16.3. The molecule has 3 N–H and O–H groups in total. The van der Waals surface area contributed by atoms with Crippen molar-refractivity contribution in [1.29, 1.82) is 0 Å². The fourth-order valence-corrected chi connectivity index (χ4v) is 2.77. The lowest BCUT2D eigenvalue weighted by atomic mass is 9.88. The minimum atomic E-state index is 0.175. The molecule has 0 saturated carbocycles. The summed E-state index contributed by atoms with van der Waals surface area (Å²) >= 11 is 0. The Bertz CT molecular complexity index is 334. The second-order valence-electron chi connectivity index (χ2n) is 5.28. The molecule has 0 unspecified atom stereocenters. The van der Waals surface area contributed by atoms with E-state index in [1.165, 1.54) is 5.56 Å². The number of rotatable bonds is 5. The third kappa shape index (κ3) is 3.80. The first-order valence-electron chi connectivity index (χ1n) is 6.92. The molecule has 3 heteroatoms. The second-order valence-corrected chi connectivity index (χ2v) is 5.28. The molecule has 0 radical (unpaired) electrons. The van der Waals surface area contributed by atoms with Gasteiger partial charge in [-0.2, -0.15) is 0 Å². The highest BCUT2D eigenvalue weighted by Gasteiger charge is 2.23. The Hall–Kier alpha value is -0.900. The standard InChI is InChI=1S/C15H24N2O/c16-15(8-11-18)14-6-9-17(10-7-14)12-13-4-2-1-3-5-13/h1-5,14-15,18H,6-12,16H2/t15-/m1/s1. The summed E-state index contributed by atoms with van der Waals surface area (Å²) in [7, 11) is 0. The van der Waals surface area contributed by atoms with E-state index in [1.807, 2.05) is 0 Å². The molecule has 0 aliphatic carbocycles. The van der Waals surface area contributed by atoms with Crippen LogP contribution in [0.2, 0.25) is 0 Å². The molecule has 1 heterocycles. The zero-order chi connectivity index (χ0) is 12.8. The predicted octanol–water partition coefficient (Wildman–Crippen LogP) is 1.61. The van der Waals surface area contributed by atoms with Crippen molar-refractivity contribution in [1.82, 2.24) is 4.90 Å². The summed E-state index contributed by atoms with van der Waals surface area (Å²) in [6.45, 7) is 3.51. The first-order chi connectivity index (χ1) is 8.79. The van der Waals surface area contributed by atoms with Gasteiger partial charge in [0.05, 0.1) is 0 Å². The molecule has 1 aliphatic rings. The van der Waals surface area contributed by atoms with Gasteiger partial charge in [-0.15, -0.1) is 0 Å². The number of benzene rings is 1. The van der Waals surface area contributed by atoms with Gasteiger partial charge in [0.2, 0.25) is 0 Å². The van der Waals surface area contributed by atoms with E-state index in [2.05, 4.69) is 35.2 Å². The van der Waals surface area contributed by atoms with E-state index >= 15 is 0 Å². The predicted molar refractivity (Wildman–Crippen MR) is 74.1 cm³/mol. The highest BCUT2D eigenvalue weighted by molar-refractivity contribution is 5.14. The zero-order valence-electron chi connectivity index (χ0n) is 11.0. The van der Waals surface area contributed by atoms with Crippen LogP contribution in [0.15, 0.2) is 30.3 Å². The third-order valence-corrected chi connectivity index (χ3v) is 3.95. The van der Waals surface area contributed by atoms with Crippen LogP contribution in [0, 0.1) is 5.92 Å². The molecular weight excluding hydrogens is 224 g/mol. The first kappa shape index (κ1) is 13.5. The van der Waals surface area contributed by atoms with Gasteiger partial charge in [0.15, 0.2) is 0 Å². The topological polar surface area (TPSA) is 49.5 Å². The Morgan fingerprint density at radius 1 is 1.22 bits per heavy atom. The summed E-state index contributed by atoms with van der Waals surface area (Å²) in [5.74, 6) is 0.587. The van der Waals surface area contributed by atoms with Crippen LogP contribution in [0.3, 0.4) is 0 Å². The van der Waals surface area contributed by atoms with Gasteiger partial charge in [-0.25, -0.2) is 0 Å². The number of likely N-dealkylation sites (tertiary alicyclic amines) is 1. The SMILES string of the molecule is N[C@H](CCO)C1CCN(Cc2ccccc2)CC1. The molecule has 1 aromatic carbocycles. The Kier molecular flexibility index (Phi) is 5.17. The summed E-state index contributed by atoms with van der Waals surface area (Å²) in [4.78, 5) is 2.50. The minimum Gasteiger partial charge on any atom is -0.396 e. The maximum absolute atomic E-state index is 8.92. The zero-order valence-corrected chi connectivity index (χ0v) is 11.0. The van der Waals surface area contributed by atoms with Crippen molar-refractivity contribution in [2.24, 2.45) is 11.7 Å². The third-order valence-electron chi connectivity index (χ3n) is 3.95. The number of nitrogens with two attached hydrogens (primary N) is 1. The van der Waals surface area contributed by atoms with E-state index < -0.39 is 0 Å². The molecule has 0 spiro atoms. The molecule has 1 aromatic rings. The number of piperidine rings is 1. The van der Waals surface area contributed by atoms with Crippen LogP contribution in [0.1, 0.15) is 24.8 Å². The van der Waals surface area contributed by atoms with E-state index in [-0.39, 0.29) is 12.6 Å². The maximum atomic E-state index is 8.92. The van der Waals surface area contributed by atoms with Crippen molar-refractivity contribution >= 4 is 0 Å². The van der Waals surface area contributed by atoms with Gasteiger partial charge < -0.3 is 10.8 Å². The molecule has 1 saturated heterocycles. The number of aliphatic hydroxyl groups excluding tert-OH is 1. The molecule has 0 bridgehead atoms. The normalized spacial score (nSPS) is 19.9. The van der Waals surface area contributed by atoms with Crippen molar-refractivity contribution in [3.8, 4) is 0 Å². The van der Waals surface area contributed by atoms with Gasteiger partial charge in [0, 0.05) is 19.2 Å². The van der Waals surface area contributed by atoms with Crippen LogP contribution in [-0.4, -0.2) is 35.7 Å². The lowest BCUT2D eigenvalue weighted by molar-refractivity contribution is 0.151. The van der Waals surface area contributed by atoms with Crippen molar-refractivity contribution in [2.45, 2.75) is 31.8 Å². The number of hydrogen-bond acceptors (Lipinski definition) is 3. The summed E-state index contributed by atoms with van der Waals surface area (Å²) in [6.07, 6.45) is 3.06. The van der Waals surface area contributed by atoms with Gasteiger partial charge in [-0.1, -0.05) is 30.3 Å². The average Bonchev–Trinajstić information content (AvgIpc) is 2.41. The monoisotopic (exact) mass is 248 g/mol. The molecule has 0 aromatic heterocycles. The largest absolute Gasteiger partial charge is 0.396 e. The lowest BCUT2D eigenvalue weighted by Crippen LogP contribution is -2.41. The molecular formula is C15H24N2O. The molecule has 0 amide bonds. The molecule has 100 valence electrons. The van der Waals surface area contributed by atoms with Crippen molar-refractivity contribution in [3.05, 3.63) is 35.9 Å². The second kappa shape index (κ2) is 6.88. The van der Waals surface area contributed by atoms with Crippen molar-refractivity contribution in [3.63, 3.8) is 0 Å². The quantitative estimate of drug-likeness (QED) is 0.832. The smallest absolute Gasteiger partial charge is 0.0445 e. The summed E-state index contributed by atoms with van der Waals surface area (Å²) in [5.41, 5.74) is 7.46. The molecule has 1 fully saturated rings. The fourth-order valence-electron chi connectivity index (χ4n) is 2.77. The van der Waals surface area contributed by atoms with E-state index in [0.29, 0.717) is 5.92 Å². The van der Waals surface area contributed by atoms with E-state index in [4.69, 9.17) is 10.8 Å². The van der Waals surface area contributed by atoms with Crippen LogP contribution in [-0.2, 0) is 6.54 Å².